The minimum absolute atomic E-state index is 0.0347. The van der Waals surface area contributed by atoms with Crippen molar-refractivity contribution in [2.24, 2.45) is 0 Å². The molecule has 20 heavy (non-hydrogen) atoms. The summed E-state index contributed by atoms with van der Waals surface area (Å²) in [6.45, 7) is 4.13. The van der Waals surface area contributed by atoms with Crippen molar-refractivity contribution in [2.45, 2.75) is 32.1 Å². The van der Waals surface area contributed by atoms with Gasteiger partial charge in [-0.05, 0) is 48.2 Å². The van der Waals surface area contributed by atoms with Crippen LogP contribution in [-0.2, 0) is 10.2 Å². The average Bonchev–Trinajstić information content (AvgIpc) is 3.10. The molecule has 1 aromatic carbocycles. The number of carbonyl (C=O) groups is 1. The maximum atomic E-state index is 12.6. The van der Waals surface area contributed by atoms with E-state index in [4.69, 9.17) is 0 Å². The van der Waals surface area contributed by atoms with Crippen LogP contribution in [0.3, 0.4) is 0 Å². The number of H-pyrrole nitrogens is 1. The number of aromatic amines is 1. The third kappa shape index (κ3) is 2.26. The molecule has 1 aliphatic rings. The largest absolute Gasteiger partial charge is 0.309 e. The highest BCUT2D eigenvalue weighted by Crippen LogP contribution is 2.49. The smallest absolute Gasteiger partial charge is 0.236 e. The number of anilines is 1. The van der Waals surface area contributed by atoms with E-state index in [1.165, 1.54) is 11.1 Å². The predicted octanol–water partition coefficient (Wildman–Crippen LogP) is 3.46. The summed E-state index contributed by atoms with van der Waals surface area (Å²) in [5.41, 5.74) is 3.13. The predicted molar refractivity (Wildman–Crippen MR) is 81.7 cm³/mol. The van der Waals surface area contributed by atoms with Crippen molar-refractivity contribution < 1.29 is 4.79 Å². The Hall–Kier alpha value is -1.62. The van der Waals surface area contributed by atoms with Crippen LogP contribution in [0.2, 0.25) is 0 Å². The van der Waals surface area contributed by atoms with Crippen molar-refractivity contribution in [3.8, 4) is 0 Å². The van der Waals surface area contributed by atoms with Gasteiger partial charge < -0.3 is 5.32 Å². The first-order chi connectivity index (χ1) is 9.51. The number of carbonyl (C=O) groups excluding carboxylic acids is 1. The fraction of sp³-hybridized carbons (Fsp3) is 0.333. The molecule has 1 amide bonds. The Morgan fingerprint density at radius 2 is 1.95 bits per heavy atom. The number of hydrogen-bond donors (Lipinski definition) is 2. The van der Waals surface area contributed by atoms with E-state index < -0.39 is 0 Å². The zero-order valence-electron chi connectivity index (χ0n) is 11.5. The van der Waals surface area contributed by atoms with E-state index in [2.05, 4.69) is 63.5 Å². The molecule has 0 atom stereocenters. The van der Waals surface area contributed by atoms with Gasteiger partial charge in [-0.2, -0.15) is 5.10 Å². The lowest BCUT2D eigenvalue weighted by molar-refractivity contribution is -0.118. The Morgan fingerprint density at radius 1 is 1.30 bits per heavy atom. The monoisotopic (exact) mass is 333 g/mol. The molecule has 1 aromatic heterocycles. The van der Waals surface area contributed by atoms with Crippen molar-refractivity contribution >= 4 is 27.7 Å². The van der Waals surface area contributed by atoms with Crippen LogP contribution < -0.4 is 5.32 Å². The van der Waals surface area contributed by atoms with Gasteiger partial charge in [-0.1, -0.05) is 29.3 Å². The Labute approximate surface area is 126 Å². The second-order valence-electron chi connectivity index (χ2n) is 5.51. The van der Waals surface area contributed by atoms with Gasteiger partial charge in [-0.25, -0.2) is 0 Å². The number of halogens is 1. The van der Waals surface area contributed by atoms with E-state index in [9.17, 15) is 4.79 Å². The standard InChI is InChI=1S/C15H16BrN3O/c1-9-5-10(2)7-11(6-9)15(3-4-15)14(20)18-13-12(16)8-17-19-13/h5-8H,3-4H2,1-2H3,(H2,17,18,19,20). The Morgan fingerprint density at radius 3 is 2.45 bits per heavy atom. The molecule has 2 N–H and O–H groups in total. The second-order valence-corrected chi connectivity index (χ2v) is 6.36. The summed E-state index contributed by atoms with van der Waals surface area (Å²) in [5.74, 6) is 0.651. The molecular formula is C15H16BrN3O. The van der Waals surface area contributed by atoms with Crippen molar-refractivity contribution in [1.29, 1.82) is 0 Å². The van der Waals surface area contributed by atoms with Gasteiger partial charge in [0.15, 0.2) is 0 Å². The highest BCUT2D eigenvalue weighted by Gasteiger charge is 2.51. The molecule has 2 aromatic rings. The van der Waals surface area contributed by atoms with Crippen LogP contribution in [0.15, 0.2) is 28.9 Å². The van der Waals surface area contributed by atoms with Crippen LogP contribution >= 0.6 is 15.9 Å². The van der Waals surface area contributed by atoms with Crippen LogP contribution in [0.1, 0.15) is 29.5 Å². The number of nitrogens with one attached hydrogen (secondary N) is 2. The average molecular weight is 334 g/mol. The van der Waals surface area contributed by atoms with Crippen molar-refractivity contribution in [3.05, 3.63) is 45.6 Å². The quantitative estimate of drug-likeness (QED) is 0.903. The lowest BCUT2D eigenvalue weighted by Gasteiger charge is -2.16. The van der Waals surface area contributed by atoms with Crippen LogP contribution in [0.25, 0.3) is 0 Å². The number of benzene rings is 1. The number of aryl methyl sites for hydroxylation is 2. The van der Waals surface area contributed by atoms with Gasteiger partial charge in [0.2, 0.25) is 5.91 Å². The summed E-state index contributed by atoms with van der Waals surface area (Å²) in [4.78, 5) is 12.6. The van der Waals surface area contributed by atoms with Gasteiger partial charge in [0.25, 0.3) is 0 Å². The van der Waals surface area contributed by atoms with E-state index in [1.54, 1.807) is 6.20 Å². The third-order valence-corrected chi connectivity index (χ3v) is 4.39. The fourth-order valence-corrected chi connectivity index (χ4v) is 2.91. The van der Waals surface area contributed by atoms with Gasteiger partial charge in [0.05, 0.1) is 16.1 Å². The summed E-state index contributed by atoms with van der Waals surface area (Å²) in [5, 5.41) is 9.60. The van der Waals surface area contributed by atoms with Gasteiger partial charge >= 0.3 is 0 Å². The molecule has 3 rings (SSSR count). The van der Waals surface area contributed by atoms with Gasteiger partial charge in [-0.15, -0.1) is 0 Å². The number of amides is 1. The molecule has 0 saturated heterocycles. The molecule has 4 nitrogen and oxygen atoms in total. The zero-order valence-corrected chi connectivity index (χ0v) is 13.0. The van der Waals surface area contributed by atoms with Gasteiger partial charge in [-0.3, -0.25) is 9.89 Å². The molecular weight excluding hydrogens is 318 g/mol. The summed E-state index contributed by atoms with van der Waals surface area (Å²) in [7, 11) is 0. The lowest BCUT2D eigenvalue weighted by Crippen LogP contribution is -2.28. The van der Waals surface area contributed by atoms with Crippen LogP contribution in [0.4, 0.5) is 5.82 Å². The Balaban J connectivity index is 1.88. The van der Waals surface area contributed by atoms with Crippen molar-refractivity contribution in [2.75, 3.05) is 5.32 Å². The minimum atomic E-state index is -0.374. The summed E-state index contributed by atoms with van der Waals surface area (Å²) >= 11 is 3.35. The van der Waals surface area contributed by atoms with E-state index in [0.29, 0.717) is 5.82 Å². The number of nitrogens with zero attached hydrogens (tertiary/aromatic N) is 1. The molecule has 0 aliphatic heterocycles. The lowest BCUT2D eigenvalue weighted by atomic mass is 9.92. The molecule has 0 spiro atoms. The molecule has 1 fully saturated rings. The summed E-state index contributed by atoms with van der Waals surface area (Å²) < 4.78 is 0.766. The molecule has 0 radical (unpaired) electrons. The highest BCUT2D eigenvalue weighted by atomic mass is 79.9. The van der Waals surface area contributed by atoms with Gasteiger partial charge in [0.1, 0.15) is 5.82 Å². The van der Waals surface area contributed by atoms with Gasteiger partial charge in [0, 0.05) is 0 Å². The second kappa shape index (κ2) is 4.74. The fourth-order valence-electron chi connectivity index (χ4n) is 2.62. The normalized spacial score (nSPS) is 15.9. The number of aromatic nitrogens is 2. The topological polar surface area (TPSA) is 57.8 Å². The summed E-state index contributed by atoms with van der Waals surface area (Å²) in [6, 6.07) is 6.35. The SMILES string of the molecule is Cc1cc(C)cc(C2(C(=O)Nc3[nH]ncc3Br)CC2)c1. The molecule has 1 heterocycles. The maximum absolute atomic E-state index is 12.6. The Bertz CT molecular complexity index is 653. The first-order valence-electron chi connectivity index (χ1n) is 6.60. The van der Waals surface area contributed by atoms with E-state index >= 15 is 0 Å². The van der Waals surface area contributed by atoms with Crippen LogP contribution in [-0.4, -0.2) is 16.1 Å². The van der Waals surface area contributed by atoms with Crippen molar-refractivity contribution in [1.82, 2.24) is 10.2 Å². The minimum Gasteiger partial charge on any atom is -0.309 e. The molecule has 1 saturated carbocycles. The molecule has 1 aliphatic carbocycles. The first kappa shape index (κ1) is 13.4. The van der Waals surface area contributed by atoms with E-state index in [0.717, 1.165) is 22.9 Å². The number of hydrogen-bond acceptors (Lipinski definition) is 2. The van der Waals surface area contributed by atoms with Crippen molar-refractivity contribution in [3.63, 3.8) is 0 Å². The third-order valence-electron chi connectivity index (χ3n) is 3.79. The highest BCUT2D eigenvalue weighted by molar-refractivity contribution is 9.10. The molecule has 5 heteroatoms. The molecule has 0 unspecified atom stereocenters. The van der Waals surface area contributed by atoms with E-state index in [-0.39, 0.29) is 11.3 Å². The molecule has 104 valence electrons. The van der Waals surface area contributed by atoms with Crippen LogP contribution in [0, 0.1) is 13.8 Å². The summed E-state index contributed by atoms with van der Waals surface area (Å²) in [6.07, 6.45) is 3.42. The molecule has 0 bridgehead atoms. The van der Waals surface area contributed by atoms with E-state index in [1.807, 2.05) is 0 Å². The Kier molecular flexibility index (Phi) is 3.17. The zero-order chi connectivity index (χ0) is 14.3. The first-order valence-corrected chi connectivity index (χ1v) is 7.40. The van der Waals surface area contributed by atoms with Crippen LogP contribution in [0.5, 0.6) is 0 Å². The maximum Gasteiger partial charge on any atom is 0.236 e. The number of rotatable bonds is 3.